The van der Waals surface area contributed by atoms with Gasteiger partial charge in [-0.1, -0.05) is 47.5 Å². The monoisotopic (exact) mass is 472 g/mol. The third-order valence-corrected chi connectivity index (χ3v) is 5.35. The highest BCUT2D eigenvalue weighted by Gasteiger charge is 2.02. The number of pyridine rings is 3. The Balaban J connectivity index is 0.000000264. The van der Waals surface area contributed by atoms with Gasteiger partial charge in [0.2, 0.25) is 0 Å². The molecule has 188 valence electrons. The standard InChI is InChI=1S/C11H18N2.C10H15N.C10H11N/c1-9(2)10-5-6-12-11(7-10)8-13(3)4;1-7(2)10-5-8(3)11-9(4)6-10;1-4-10-7-9(8(2)3)5-6-11-10/h5-7,9H,8H2,1-4H3;5-7H,1-4H3;1,5-8H,2-3H3. The number of hydrogen-bond acceptors (Lipinski definition) is 4. The highest BCUT2D eigenvalue weighted by atomic mass is 15.1. The van der Waals surface area contributed by atoms with Crippen LogP contribution in [0.3, 0.4) is 0 Å². The molecule has 4 nitrogen and oxygen atoms in total. The average molecular weight is 473 g/mol. The summed E-state index contributed by atoms with van der Waals surface area (Å²) in [7, 11) is 4.12. The smallest absolute Gasteiger partial charge is 0.113 e. The topological polar surface area (TPSA) is 41.9 Å². The Hall–Kier alpha value is -3.03. The van der Waals surface area contributed by atoms with E-state index in [1.165, 1.54) is 16.7 Å². The highest BCUT2D eigenvalue weighted by molar-refractivity contribution is 5.29. The summed E-state index contributed by atoms with van der Waals surface area (Å²) in [6.45, 7) is 18.1. The summed E-state index contributed by atoms with van der Waals surface area (Å²) in [5.74, 6) is 4.22. The van der Waals surface area contributed by atoms with Gasteiger partial charge in [-0.3, -0.25) is 9.97 Å². The summed E-state index contributed by atoms with van der Waals surface area (Å²) < 4.78 is 0. The average Bonchev–Trinajstić information content (AvgIpc) is 2.79. The van der Waals surface area contributed by atoms with Crippen molar-refractivity contribution in [3.63, 3.8) is 0 Å². The van der Waals surface area contributed by atoms with Gasteiger partial charge < -0.3 is 4.90 Å². The van der Waals surface area contributed by atoms with Gasteiger partial charge in [-0.15, -0.1) is 6.42 Å². The molecule has 0 saturated heterocycles. The van der Waals surface area contributed by atoms with Crippen molar-refractivity contribution in [1.29, 1.82) is 0 Å². The molecule has 0 spiro atoms. The quantitative estimate of drug-likeness (QED) is 0.366. The minimum Gasteiger partial charge on any atom is -0.304 e. The van der Waals surface area contributed by atoms with Crippen LogP contribution in [0, 0.1) is 26.2 Å². The molecule has 0 atom stereocenters. The Morgan fingerprint density at radius 3 is 1.69 bits per heavy atom. The minimum absolute atomic E-state index is 0.519. The molecule has 0 radical (unpaired) electrons. The van der Waals surface area contributed by atoms with Crippen LogP contribution in [0.15, 0.2) is 48.8 Å². The lowest BCUT2D eigenvalue weighted by Crippen LogP contribution is -2.12. The zero-order chi connectivity index (χ0) is 26.5. The summed E-state index contributed by atoms with van der Waals surface area (Å²) in [5, 5.41) is 0. The molecule has 0 aromatic carbocycles. The van der Waals surface area contributed by atoms with Crippen LogP contribution in [0.1, 0.15) is 98.8 Å². The van der Waals surface area contributed by atoms with Gasteiger partial charge in [0.15, 0.2) is 0 Å². The molecule has 3 aromatic rings. The fourth-order valence-electron chi connectivity index (χ4n) is 3.35. The van der Waals surface area contributed by atoms with E-state index in [-0.39, 0.29) is 0 Å². The lowest BCUT2D eigenvalue weighted by Gasteiger charge is -2.11. The van der Waals surface area contributed by atoms with E-state index in [0.29, 0.717) is 17.8 Å². The van der Waals surface area contributed by atoms with Crippen molar-refractivity contribution in [3.8, 4) is 12.3 Å². The van der Waals surface area contributed by atoms with Crippen LogP contribution >= 0.6 is 0 Å². The van der Waals surface area contributed by atoms with Gasteiger partial charge in [-0.05, 0) is 98.8 Å². The first-order valence-corrected chi connectivity index (χ1v) is 12.4. The number of terminal acetylenes is 1. The van der Waals surface area contributed by atoms with Crippen molar-refractivity contribution < 1.29 is 0 Å². The summed E-state index contributed by atoms with van der Waals surface area (Å²) >= 11 is 0. The van der Waals surface area contributed by atoms with E-state index in [9.17, 15) is 0 Å². The van der Waals surface area contributed by atoms with Crippen molar-refractivity contribution in [1.82, 2.24) is 19.9 Å². The first-order chi connectivity index (χ1) is 16.4. The predicted molar refractivity (Wildman–Crippen MR) is 150 cm³/mol. The molecule has 0 amide bonds. The number of hydrogen-bond donors (Lipinski definition) is 0. The van der Waals surface area contributed by atoms with Gasteiger partial charge >= 0.3 is 0 Å². The van der Waals surface area contributed by atoms with Gasteiger partial charge in [-0.25, -0.2) is 4.98 Å². The van der Waals surface area contributed by atoms with Crippen molar-refractivity contribution in [2.75, 3.05) is 14.1 Å². The molecule has 0 N–H and O–H groups in total. The SMILES string of the molecule is C#Cc1cc(C(C)C)ccn1.CC(C)c1ccnc(CN(C)C)c1.Cc1cc(C(C)C)cc(C)n1. The highest BCUT2D eigenvalue weighted by Crippen LogP contribution is 2.16. The maximum atomic E-state index is 5.21. The lowest BCUT2D eigenvalue weighted by molar-refractivity contribution is 0.396. The van der Waals surface area contributed by atoms with Crippen molar-refractivity contribution in [2.24, 2.45) is 0 Å². The Kier molecular flexibility index (Phi) is 12.9. The molecule has 3 aromatic heterocycles. The van der Waals surface area contributed by atoms with Crippen molar-refractivity contribution in [2.45, 2.75) is 79.7 Å². The van der Waals surface area contributed by atoms with E-state index in [0.717, 1.165) is 29.3 Å². The third kappa shape index (κ3) is 11.8. The van der Waals surface area contributed by atoms with E-state index in [1.54, 1.807) is 6.20 Å². The van der Waals surface area contributed by atoms with E-state index in [1.807, 2.05) is 32.2 Å². The molecule has 4 heteroatoms. The maximum Gasteiger partial charge on any atom is 0.113 e. The van der Waals surface area contributed by atoms with Crippen LogP contribution < -0.4 is 0 Å². The third-order valence-electron chi connectivity index (χ3n) is 5.35. The number of nitrogens with zero attached hydrogens (tertiary/aromatic N) is 4. The molecule has 35 heavy (non-hydrogen) atoms. The largest absolute Gasteiger partial charge is 0.304 e. The van der Waals surface area contributed by atoms with Crippen LogP contribution in [0.5, 0.6) is 0 Å². The van der Waals surface area contributed by atoms with E-state index in [2.05, 4.69) is 106 Å². The molecule has 0 bridgehead atoms. The zero-order valence-electron chi connectivity index (χ0n) is 23.4. The Morgan fingerprint density at radius 2 is 1.23 bits per heavy atom. The van der Waals surface area contributed by atoms with Crippen molar-refractivity contribution >= 4 is 0 Å². The Bertz CT molecular complexity index is 1060. The van der Waals surface area contributed by atoms with Gasteiger partial charge in [0.1, 0.15) is 5.69 Å². The van der Waals surface area contributed by atoms with E-state index in [4.69, 9.17) is 6.42 Å². The number of aromatic nitrogens is 3. The predicted octanol–water partition coefficient (Wildman–Crippen LogP) is 7.27. The van der Waals surface area contributed by atoms with E-state index < -0.39 is 0 Å². The molecule has 0 aliphatic heterocycles. The van der Waals surface area contributed by atoms with Crippen LogP contribution in [0.2, 0.25) is 0 Å². The summed E-state index contributed by atoms with van der Waals surface area (Å²) in [6.07, 6.45) is 8.86. The number of aryl methyl sites for hydroxylation is 2. The van der Waals surface area contributed by atoms with Gasteiger partial charge in [-0.2, -0.15) is 0 Å². The molecule has 3 heterocycles. The first-order valence-electron chi connectivity index (χ1n) is 12.4. The fraction of sp³-hybridized carbons (Fsp3) is 0.452. The Labute approximate surface area is 214 Å². The van der Waals surface area contributed by atoms with Gasteiger partial charge in [0.05, 0.1) is 5.69 Å². The van der Waals surface area contributed by atoms with Crippen LogP contribution in [0.4, 0.5) is 0 Å². The van der Waals surface area contributed by atoms with Crippen LogP contribution in [-0.2, 0) is 6.54 Å². The molecule has 0 fully saturated rings. The Morgan fingerprint density at radius 1 is 0.743 bits per heavy atom. The molecular formula is C31H44N4. The normalized spacial score (nSPS) is 10.5. The maximum absolute atomic E-state index is 5.21. The molecular weight excluding hydrogens is 428 g/mol. The van der Waals surface area contributed by atoms with Gasteiger partial charge in [0, 0.05) is 30.3 Å². The summed E-state index contributed by atoms with van der Waals surface area (Å²) in [6, 6.07) is 12.5. The van der Waals surface area contributed by atoms with Crippen molar-refractivity contribution in [3.05, 3.63) is 88.3 Å². The second-order valence-electron chi connectivity index (χ2n) is 10.1. The molecule has 0 unspecified atom stereocenters. The zero-order valence-corrected chi connectivity index (χ0v) is 23.4. The molecule has 0 aliphatic carbocycles. The van der Waals surface area contributed by atoms with E-state index >= 15 is 0 Å². The molecule has 0 aliphatic rings. The molecule has 0 saturated carbocycles. The first kappa shape index (κ1) is 30.0. The summed E-state index contributed by atoms with van der Waals surface area (Å²) in [5.41, 5.74) is 8.10. The molecule has 3 rings (SSSR count). The second kappa shape index (κ2) is 15.1. The minimum atomic E-state index is 0.519. The van der Waals surface area contributed by atoms with Gasteiger partial charge in [0.25, 0.3) is 0 Å². The lowest BCUT2D eigenvalue weighted by atomic mass is 10.0. The summed E-state index contributed by atoms with van der Waals surface area (Å²) in [4.78, 5) is 14.8. The fourth-order valence-corrected chi connectivity index (χ4v) is 3.35. The van der Waals surface area contributed by atoms with Crippen LogP contribution in [0.25, 0.3) is 0 Å². The number of rotatable bonds is 5. The van der Waals surface area contributed by atoms with Crippen LogP contribution in [-0.4, -0.2) is 33.9 Å². The second-order valence-corrected chi connectivity index (χ2v) is 10.1.